The van der Waals surface area contributed by atoms with E-state index in [4.69, 9.17) is 5.73 Å². The Morgan fingerprint density at radius 2 is 2.00 bits per heavy atom. The first-order chi connectivity index (χ1) is 9.39. The zero-order valence-corrected chi connectivity index (χ0v) is 12.7. The molecule has 0 aliphatic carbocycles. The van der Waals surface area contributed by atoms with Crippen LogP contribution in [0.1, 0.15) is 25.8 Å². The Morgan fingerprint density at radius 1 is 1.25 bits per heavy atom. The Labute approximate surface area is 119 Å². The summed E-state index contributed by atoms with van der Waals surface area (Å²) in [7, 11) is -3.11. The Balaban J connectivity index is 2.33. The number of rotatable bonds is 5. The fraction of sp³-hybridized carbons (Fsp3) is 0.400. The van der Waals surface area contributed by atoms with Crippen molar-refractivity contribution in [2.75, 3.05) is 11.5 Å². The summed E-state index contributed by atoms with van der Waals surface area (Å²) in [4.78, 5) is 4.28. The first-order valence-corrected chi connectivity index (χ1v) is 8.54. The van der Waals surface area contributed by atoms with E-state index >= 15 is 0 Å². The lowest BCUT2D eigenvalue weighted by atomic mass is 10.1. The van der Waals surface area contributed by atoms with Crippen LogP contribution in [0.3, 0.4) is 0 Å². The van der Waals surface area contributed by atoms with E-state index in [9.17, 15) is 8.42 Å². The van der Waals surface area contributed by atoms with Crippen LogP contribution in [0.25, 0.3) is 10.9 Å². The van der Waals surface area contributed by atoms with Gasteiger partial charge < -0.3 is 5.73 Å². The van der Waals surface area contributed by atoms with Crippen molar-refractivity contribution < 1.29 is 8.42 Å². The molecule has 2 rings (SSSR count). The van der Waals surface area contributed by atoms with E-state index in [2.05, 4.69) is 4.98 Å². The van der Waals surface area contributed by atoms with Gasteiger partial charge in [0.2, 0.25) is 0 Å². The monoisotopic (exact) mass is 292 g/mol. The normalized spacial score (nSPS) is 12.2. The van der Waals surface area contributed by atoms with E-state index in [0.717, 1.165) is 10.9 Å². The first kappa shape index (κ1) is 14.8. The molecule has 0 amide bonds. The molecule has 0 aliphatic rings. The molecule has 0 atom stereocenters. The molecule has 1 aromatic heterocycles. The van der Waals surface area contributed by atoms with Crippen molar-refractivity contribution in [1.82, 2.24) is 4.98 Å². The van der Waals surface area contributed by atoms with Crippen LogP contribution in [0.15, 0.2) is 30.5 Å². The molecule has 0 bridgehead atoms. The van der Waals surface area contributed by atoms with Gasteiger partial charge in [-0.25, -0.2) is 8.42 Å². The minimum absolute atomic E-state index is 0.0213. The van der Waals surface area contributed by atoms with Crippen LogP contribution in [0.5, 0.6) is 0 Å². The Hall–Kier alpha value is -1.62. The SMILES string of the molecule is CC(C)CCS(=O)(=O)Cc1ccc(N)c2cccnc12. The lowest BCUT2D eigenvalue weighted by molar-refractivity contribution is 0.573. The lowest BCUT2D eigenvalue weighted by Gasteiger charge is -2.10. The summed E-state index contributed by atoms with van der Waals surface area (Å²) in [5.74, 6) is 0.614. The van der Waals surface area contributed by atoms with E-state index in [1.54, 1.807) is 24.4 Å². The predicted octanol–water partition coefficient (Wildman–Crippen LogP) is 2.78. The van der Waals surface area contributed by atoms with Crippen molar-refractivity contribution >= 4 is 26.4 Å². The second-order valence-electron chi connectivity index (χ2n) is 5.49. The van der Waals surface area contributed by atoms with E-state index in [-0.39, 0.29) is 11.5 Å². The minimum Gasteiger partial charge on any atom is -0.398 e. The topological polar surface area (TPSA) is 73.0 Å². The molecule has 0 saturated heterocycles. The van der Waals surface area contributed by atoms with Crippen molar-refractivity contribution in [1.29, 1.82) is 0 Å². The zero-order valence-electron chi connectivity index (χ0n) is 11.8. The number of aromatic nitrogens is 1. The average molecular weight is 292 g/mol. The summed E-state index contributed by atoms with van der Waals surface area (Å²) in [6, 6.07) is 7.17. The number of nitrogens with zero attached hydrogens (tertiary/aromatic N) is 1. The lowest BCUT2D eigenvalue weighted by Crippen LogP contribution is -2.12. The molecule has 5 heteroatoms. The first-order valence-electron chi connectivity index (χ1n) is 6.71. The molecule has 20 heavy (non-hydrogen) atoms. The molecule has 108 valence electrons. The highest BCUT2D eigenvalue weighted by Crippen LogP contribution is 2.24. The Bertz CT molecular complexity index is 709. The largest absolute Gasteiger partial charge is 0.398 e. The zero-order chi connectivity index (χ0) is 14.8. The highest BCUT2D eigenvalue weighted by molar-refractivity contribution is 7.90. The number of nitrogen functional groups attached to an aromatic ring is 1. The summed E-state index contributed by atoms with van der Waals surface area (Å²) in [5, 5.41) is 0.809. The van der Waals surface area contributed by atoms with Crippen LogP contribution >= 0.6 is 0 Å². The number of benzene rings is 1. The van der Waals surface area contributed by atoms with Gasteiger partial charge in [-0.1, -0.05) is 19.9 Å². The predicted molar refractivity (Wildman–Crippen MR) is 83.1 cm³/mol. The van der Waals surface area contributed by atoms with Gasteiger partial charge in [-0.15, -0.1) is 0 Å². The van der Waals surface area contributed by atoms with Crippen molar-refractivity contribution in [3.8, 4) is 0 Å². The van der Waals surface area contributed by atoms with Crippen LogP contribution in [-0.2, 0) is 15.6 Å². The quantitative estimate of drug-likeness (QED) is 0.860. The highest BCUT2D eigenvalue weighted by atomic mass is 32.2. The second-order valence-corrected chi connectivity index (χ2v) is 7.67. The van der Waals surface area contributed by atoms with Crippen LogP contribution in [0.2, 0.25) is 0 Å². The fourth-order valence-corrected chi connectivity index (χ4v) is 3.78. The maximum absolute atomic E-state index is 12.2. The third-order valence-corrected chi connectivity index (χ3v) is 4.88. The Morgan fingerprint density at radius 3 is 2.70 bits per heavy atom. The molecule has 1 aromatic carbocycles. The summed E-state index contributed by atoms with van der Waals surface area (Å²) in [6.07, 6.45) is 2.34. The van der Waals surface area contributed by atoms with Gasteiger partial charge in [-0.3, -0.25) is 4.98 Å². The number of hydrogen-bond donors (Lipinski definition) is 1. The molecule has 0 radical (unpaired) electrons. The molecule has 2 N–H and O–H groups in total. The summed E-state index contributed by atoms with van der Waals surface area (Å²) in [5.41, 5.74) is 7.92. The average Bonchev–Trinajstić information content (AvgIpc) is 2.40. The van der Waals surface area contributed by atoms with Gasteiger partial charge in [0.25, 0.3) is 0 Å². The number of hydrogen-bond acceptors (Lipinski definition) is 4. The van der Waals surface area contributed by atoms with Crippen LogP contribution in [0.4, 0.5) is 5.69 Å². The van der Waals surface area contributed by atoms with E-state index in [1.807, 2.05) is 19.9 Å². The highest BCUT2D eigenvalue weighted by Gasteiger charge is 2.15. The van der Waals surface area contributed by atoms with E-state index in [1.165, 1.54) is 0 Å². The van der Waals surface area contributed by atoms with E-state index < -0.39 is 9.84 Å². The summed E-state index contributed by atoms with van der Waals surface area (Å²) < 4.78 is 24.3. The van der Waals surface area contributed by atoms with Crippen LogP contribution in [0, 0.1) is 5.92 Å². The number of sulfone groups is 1. The van der Waals surface area contributed by atoms with Gasteiger partial charge in [-0.2, -0.15) is 0 Å². The van der Waals surface area contributed by atoms with Crippen molar-refractivity contribution in [2.24, 2.45) is 5.92 Å². The Kier molecular flexibility index (Phi) is 4.28. The minimum atomic E-state index is -3.11. The number of pyridine rings is 1. The molecule has 0 fully saturated rings. The molecule has 0 spiro atoms. The van der Waals surface area contributed by atoms with Crippen LogP contribution in [-0.4, -0.2) is 19.2 Å². The molecule has 1 heterocycles. The molecule has 0 unspecified atom stereocenters. The van der Waals surface area contributed by atoms with Gasteiger partial charge in [0.1, 0.15) is 0 Å². The van der Waals surface area contributed by atoms with Gasteiger partial charge in [-0.05, 0) is 36.1 Å². The van der Waals surface area contributed by atoms with Gasteiger partial charge in [0.05, 0.1) is 17.0 Å². The summed E-state index contributed by atoms with van der Waals surface area (Å²) >= 11 is 0. The third kappa shape index (κ3) is 3.48. The van der Waals surface area contributed by atoms with Crippen molar-refractivity contribution in [2.45, 2.75) is 26.0 Å². The second kappa shape index (κ2) is 5.79. The van der Waals surface area contributed by atoms with Gasteiger partial charge in [0, 0.05) is 17.3 Å². The van der Waals surface area contributed by atoms with Gasteiger partial charge in [0.15, 0.2) is 9.84 Å². The fourth-order valence-electron chi connectivity index (χ4n) is 2.09. The van der Waals surface area contributed by atoms with Crippen LogP contribution < -0.4 is 5.73 Å². The maximum Gasteiger partial charge on any atom is 0.154 e. The van der Waals surface area contributed by atoms with Gasteiger partial charge >= 0.3 is 0 Å². The molecule has 0 aliphatic heterocycles. The third-order valence-electron chi connectivity index (χ3n) is 3.27. The number of anilines is 1. The molecular formula is C15H20N2O2S. The maximum atomic E-state index is 12.2. The van der Waals surface area contributed by atoms with Crippen molar-refractivity contribution in [3.63, 3.8) is 0 Å². The van der Waals surface area contributed by atoms with E-state index in [0.29, 0.717) is 23.5 Å². The molecule has 4 nitrogen and oxygen atoms in total. The standard InChI is InChI=1S/C15H20N2O2S/c1-11(2)7-9-20(18,19)10-12-5-6-14(16)13-4-3-8-17-15(12)13/h3-6,8,11H,7,9-10,16H2,1-2H3. The summed E-state index contributed by atoms with van der Waals surface area (Å²) in [6.45, 7) is 4.05. The molecular weight excluding hydrogens is 272 g/mol. The number of fused-ring (bicyclic) bond motifs is 1. The van der Waals surface area contributed by atoms with Crippen molar-refractivity contribution in [3.05, 3.63) is 36.0 Å². The molecule has 2 aromatic rings. The molecule has 0 saturated carbocycles. The smallest absolute Gasteiger partial charge is 0.154 e. The number of nitrogens with two attached hydrogens (primary N) is 1.